The molecule has 0 amide bonds. The van der Waals surface area contributed by atoms with Crippen molar-refractivity contribution in [1.82, 2.24) is 9.13 Å². The van der Waals surface area contributed by atoms with Crippen LogP contribution >= 0.6 is 0 Å². The van der Waals surface area contributed by atoms with Crippen LogP contribution in [0.15, 0.2) is 182 Å². The lowest BCUT2D eigenvalue weighted by Crippen LogP contribution is -2.26. The average Bonchev–Trinajstić information content (AvgIpc) is 3.90. The Hall–Kier alpha value is -6.64. The van der Waals surface area contributed by atoms with Crippen LogP contribution in [-0.2, 0) is 5.41 Å². The fraction of sp³-hybridized carbons (Fsp3) is 0.0204. The van der Waals surface area contributed by atoms with E-state index in [0.717, 1.165) is 5.69 Å². The molecule has 0 aliphatic heterocycles. The number of fused-ring (bicyclic) bond motifs is 16. The van der Waals surface area contributed by atoms with E-state index in [0.29, 0.717) is 0 Å². The van der Waals surface area contributed by atoms with E-state index in [-0.39, 0.29) is 0 Å². The molecule has 1 spiro atoms. The van der Waals surface area contributed by atoms with Gasteiger partial charge in [0.2, 0.25) is 0 Å². The van der Waals surface area contributed by atoms with Crippen LogP contribution in [0.2, 0.25) is 0 Å². The number of hydrogen-bond acceptors (Lipinski definition) is 0. The Morgan fingerprint density at radius 3 is 1.18 bits per heavy atom. The van der Waals surface area contributed by atoms with Gasteiger partial charge >= 0.3 is 0 Å². The average molecular weight is 647 g/mol. The highest BCUT2D eigenvalue weighted by atomic mass is 15.0. The molecule has 2 aromatic heterocycles. The maximum absolute atomic E-state index is 2.53. The first-order chi connectivity index (χ1) is 25.3. The molecule has 0 saturated heterocycles. The van der Waals surface area contributed by atoms with E-state index < -0.39 is 5.41 Å². The first-order valence-corrected chi connectivity index (χ1v) is 17.8. The van der Waals surface area contributed by atoms with Crippen LogP contribution in [0, 0.1) is 0 Å². The fourth-order valence-electron chi connectivity index (χ4n) is 9.87. The van der Waals surface area contributed by atoms with Gasteiger partial charge in [-0.25, -0.2) is 0 Å². The molecule has 2 heterocycles. The number of hydrogen-bond donors (Lipinski definition) is 0. The Balaban J connectivity index is 1.33. The van der Waals surface area contributed by atoms with Crippen molar-refractivity contribution in [2.45, 2.75) is 5.41 Å². The van der Waals surface area contributed by atoms with Crippen molar-refractivity contribution in [3.8, 4) is 33.6 Å². The highest BCUT2D eigenvalue weighted by molar-refractivity contribution is 6.12. The van der Waals surface area contributed by atoms with Gasteiger partial charge in [-0.3, -0.25) is 0 Å². The fourth-order valence-corrected chi connectivity index (χ4v) is 9.87. The van der Waals surface area contributed by atoms with Crippen LogP contribution in [0.3, 0.4) is 0 Å². The molecule has 10 aromatic rings. The van der Waals surface area contributed by atoms with Crippen molar-refractivity contribution in [2.24, 2.45) is 0 Å². The lowest BCUT2D eigenvalue weighted by Gasteiger charge is -2.31. The van der Waals surface area contributed by atoms with E-state index in [4.69, 9.17) is 0 Å². The minimum atomic E-state index is -0.471. The third-order valence-electron chi connectivity index (χ3n) is 11.7. The summed E-state index contributed by atoms with van der Waals surface area (Å²) in [6.07, 6.45) is 0. The van der Waals surface area contributed by atoms with Crippen molar-refractivity contribution in [2.75, 3.05) is 0 Å². The number of aromatic nitrogens is 2. The molecule has 0 fully saturated rings. The summed E-state index contributed by atoms with van der Waals surface area (Å²) < 4.78 is 5.02. The molecule has 2 nitrogen and oxygen atoms in total. The molecule has 8 aromatic carbocycles. The van der Waals surface area contributed by atoms with Crippen molar-refractivity contribution < 1.29 is 0 Å². The van der Waals surface area contributed by atoms with Crippen molar-refractivity contribution in [3.63, 3.8) is 0 Å². The number of nitrogens with zero attached hydrogens (tertiary/aromatic N) is 2. The van der Waals surface area contributed by atoms with Gasteiger partial charge in [-0.05, 0) is 75.3 Å². The van der Waals surface area contributed by atoms with E-state index in [1.54, 1.807) is 0 Å². The molecule has 12 rings (SSSR count). The summed E-state index contributed by atoms with van der Waals surface area (Å²) in [4.78, 5) is 0. The Kier molecular flexibility index (Phi) is 5.20. The molecule has 51 heavy (non-hydrogen) atoms. The zero-order chi connectivity index (χ0) is 33.3. The molecule has 0 saturated carbocycles. The summed E-state index contributed by atoms with van der Waals surface area (Å²) in [5, 5.41) is 5.06. The van der Waals surface area contributed by atoms with E-state index >= 15 is 0 Å². The maximum Gasteiger partial charge on any atom is 0.0727 e. The summed E-state index contributed by atoms with van der Waals surface area (Å²) in [5.74, 6) is 0. The molecule has 0 radical (unpaired) electrons. The van der Waals surface area contributed by atoms with Crippen LogP contribution in [0.25, 0.3) is 77.2 Å². The standard InChI is InChI=1S/C49H30N2/c1-8-22-39-32(15-1)33-16-2-9-23-40(33)49(39)41-24-10-3-21-38(41)48-42(49)29-31(50-43-25-11-4-17-34(43)35-18-5-12-26-44(35)50)30-47(48)51-45-27-13-6-19-36(45)37-20-7-14-28-46(37)51/h1-30H. The first-order valence-electron chi connectivity index (χ1n) is 17.8. The molecule has 2 aliphatic carbocycles. The Labute approximate surface area is 295 Å². The third kappa shape index (κ3) is 3.28. The topological polar surface area (TPSA) is 9.86 Å². The Bertz CT molecular complexity index is 2950. The summed E-state index contributed by atoms with van der Waals surface area (Å²) in [7, 11) is 0. The van der Waals surface area contributed by atoms with Crippen LogP contribution in [0.4, 0.5) is 0 Å². The zero-order valence-corrected chi connectivity index (χ0v) is 27.7. The first kappa shape index (κ1) is 27.2. The van der Waals surface area contributed by atoms with Gasteiger partial charge in [0.1, 0.15) is 0 Å². The summed E-state index contributed by atoms with van der Waals surface area (Å²) in [6.45, 7) is 0. The SMILES string of the molecule is c1ccc2c(c1)-c1ccccc1C21c2ccccc2-c2c(-n3c4ccccc4c4ccccc43)cc(-n3c4ccccc4c4ccccc43)cc21. The smallest absolute Gasteiger partial charge is 0.0727 e. The minimum absolute atomic E-state index is 0.471. The molecule has 0 N–H and O–H groups in total. The number of para-hydroxylation sites is 4. The van der Waals surface area contributed by atoms with Crippen LogP contribution < -0.4 is 0 Å². The Morgan fingerprint density at radius 1 is 0.314 bits per heavy atom. The van der Waals surface area contributed by atoms with Gasteiger partial charge in [0.25, 0.3) is 0 Å². The van der Waals surface area contributed by atoms with Gasteiger partial charge in [0, 0.05) is 32.8 Å². The third-order valence-corrected chi connectivity index (χ3v) is 11.7. The highest BCUT2D eigenvalue weighted by Crippen LogP contribution is 2.64. The molecule has 236 valence electrons. The zero-order valence-electron chi connectivity index (χ0n) is 27.7. The largest absolute Gasteiger partial charge is 0.309 e. The van der Waals surface area contributed by atoms with Gasteiger partial charge in [0.15, 0.2) is 0 Å². The highest BCUT2D eigenvalue weighted by Gasteiger charge is 2.52. The van der Waals surface area contributed by atoms with E-state index in [1.165, 1.54) is 93.8 Å². The molecular weight excluding hydrogens is 617 g/mol. The Morgan fingerprint density at radius 2 is 0.686 bits per heavy atom. The van der Waals surface area contributed by atoms with E-state index in [2.05, 4.69) is 191 Å². The van der Waals surface area contributed by atoms with Crippen molar-refractivity contribution in [3.05, 3.63) is 204 Å². The minimum Gasteiger partial charge on any atom is -0.309 e. The molecule has 0 unspecified atom stereocenters. The lowest BCUT2D eigenvalue weighted by atomic mass is 9.70. The quantitative estimate of drug-likeness (QED) is 0.177. The van der Waals surface area contributed by atoms with E-state index in [1.807, 2.05) is 0 Å². The molecular formula is C49H30N2. The number of benzene rings is 8. The predicted molar refractivity (Wildman–Crippen MR) is 211 cm³/mol. The molecule has 2 aliphatic rings. The van der Waals surface area contributed by atoms with Crippen LogP contribution in [-0.4, -0.2) is 9.13 Å². The monoisotopic (exact) mass is 646 g/mol. The van der Waals surface area contributed by atoms with Gasteiger partial charge in [-0.2, -0.15) is 0 Å². The van der Waals surface area contributed by atoms with Gasteiger partial charge in [0.05, 0.1) is 33.2 Å². The second-order valence-electron chi connectivity index (χ2n) is 14.0. The molecule has 0 atom stereocenters. The van der Waals surface area contributed by atoms with Gasteiger partial charge in [-0.15, -0.1) is 0 Å². The summed E-state index contributed by atoms with van der Waals surface area (Å²) >= 11 is 0. The van der Waals surface area contributed by atoms with Gasteiger partial charge in [-0.1, -0.05) is 146 Å². The summed E-state index contributed by atoms with van der Waals surface area (Å²) in [5.41, 5.74) is 17.4. The lowest BCUT2D eigenvalue weighted by molar-refractivity contribution is 0.792. The van der Waals surface area contributed by atoms with Gasteiger partial charge < -0.3 is 9.13 Å². The van der Waals surface area contributed by atoms with Crippen molar-refractivity contribution >= 4 is 43.6 Å². The normalized spacial score (nSPS) is 13.6. The second-order valence-corrected chi connectivity index (χ2v) is 14.0. The molecule has 0 bridgehead atoms. The maximum atomic E-state index is 2.53. The number of rotatable bonds is 2. The summed E-state index contributed by atoms with van der Waals surface area (Å²) in [6, 6.07) is 67.8. The predicted octanol–water partition coefficient (Wildman–Crippen LogP) is 12.2. The van der Waals surface area contributed by atoms with Crippen LogP contribution in [0.1, 0.15) is 22.3 Å². The molecule has 2 heteroatoms. The van der Waals surface area contributed by atoms with Crippen LogP contribution in [0.5, 0.6) is 0 Å². The van der Waals surface area contributed by atoms with E-state index in [9.17, 15) is 0 Å². The second kappa shape index (κ2) is 9.74. The van der Waals surface area contributed by atoms with Crippen molar-refractivity contribution in [1.29, 1.82) is 0 Å².